The molecule has 0 fully saturated rings. The minimum absolute atomic E-state index is 0.125. The van der Waals surface area contributed by atoms with Crippen molar-refractivity contribution in [3.63, 3.8) is 0 Å². The van der Waals surface area contributed by atoms with Gasteiger partial charge in [-0.15, -0.1) is 0 Å². The molecule has 0 radical (unpaired) electrons. The van der Waals surface area contributed by atoms with E-state index < -0.39 is 0 Å². The van der Waals surface area contributed by atoms with Crippen molar-refractivity contribution in [3.8, 4) is 23.0 Å². The lowest BCUT2D eigenvalue weighted by atomic mass is 9.98. The molecular weight excluding hydrogens is 584 g/mol. The molecule has 0 aliphatic carbocycles. The molecule has 0 aromatic heterocycles. The molecule has 0 atom stereocenters. The van der Waals surface area contributed by atoms with Crippen LogP contribution in [-0.4, -0.2) is 33.5 Å². The third kappa shape index (κ3) is 6.52. The first-order chi connectivity index (χ1) is 14.4. The molecule has 0 spiro atoms. The van der Waals surface area contributed by atoms with Gasteiger partial charge in [-0.1, -0.05) is 27.7 Å². The predicted molar refractivity (Wildman–Crippen MR) is 134 cm³/mol. The van der Waals surface area contributed by atoms with E-state index in [0.29, 0.717) is 29.4 Å². The molecule has 0 amide bonds. The minimum atomic E-state index is -0.125. The number of hydrogen-bond donors (Lipinski definition) is 1. The van der Waals surface area contributed by atoms with Gasteiger partial charge in [-0.05, 0) is 76.6 Å². The van der Waals surface area contributed by atoms with Gasteiger partial charge in [0, 0.05) is 10.9 Å². The lowest BCUT2D eigenvalue weighted by Crippen LogP contribution is -2.03. The van der Waals surface area contributed by atoms with E-state index >= 15 is 0 Å². The van der Waals surface area contributed by atoms with Crippen molar-refractivity contribution in [1.29, 1.82) is 0 Å². The molecule has 2 rings (SSSR count). The first-order valence-corrected chi connectivity index (χ1v) is 11.9. The Labute approximate surface area is 205 Å². The standard InChI is InChI=1S/C18H19Br3O5.2C2H6/c1-23-12-6-9(14(19)16(21)18(12)26-4)5-11-10(8-22)7-13(24-2)17(25-3)15(11)20;2*1-2/h6-7,22H,5,8H2,1-4H3;2*1-2H3. The van der Waals surface area contributed by atoms with Gasteiger partial charge in [-0.3, -0.25) is 0 Å². The molecule has 0 saturated heterocycles. The van der Waals surface area contributed by atoms with Crippen LogP contribution < -0.4 is 18.9 Å². The number of aliphatic hydroxyl groups excluding tert-OH is 1. The third-order valence-corrected chi connectivity index (χ3v) is 7.00. The van der Waals surface area contributed by atoms with Crippen molar-refractivity contribution in [1.82, 2.24) is 0 Å². The van der Waals surface area contributed by atoms with E-state index in [9.17, 15) is 5.11 Å². The average molecular weight is 615 g/mol. The van der Waals surface area contributed by atoms with Crippen LogP contribution in [0.5, 0.6) is 23.0 Å². The maximum absolute atomic E-state index is 9.83. The number of halogens is 3. The second-order valence-electron chi connectivity index (χ2n) is 5.30. The summed E-state index contributed by atoms with van der Waals surface area (Å²) in [7, 11) is 6.32. The first kappa shape index (κ1) is 29.0. The predicted octanol–water partition coefficient (Wildman–Crippen LogP) is 7.14. The second kappa shape index (κ2) is 14.9. The van der Waals surface area contributed by atoms with E-state index in [0.717, 1.165) is 30.1 Å². The first-order valence-electron chi connectivity index (χ1n) is 9.55. The second-order valence-corrected chi connectivity index (χ2v) is 7.68. The summed E-state index contributed by atoms with van der Waals surface area (Å²) in [6.07, 6.45) is 0.524. The third-order valence-electron chi connectivity index (χ3n) is 3.97. The molecule has 1 N–H and O–H groups in total. The van der Waals surface area contributed by atoms with E-state index in [1.807, 2.05) is 33.8 Å². The van der Waals surface area contributed by atoms with Gasteiger partial charge in [0.25, 0.3) is 0 Å². The van der Waals surface area contributed by atoms with E-state index in [-0.39, 0.29) is 6.61 Å². The summed E-state index contributed by atoms with van der Waals surface area (Å²) < 4.78 is 24.0. The van der Waals surface area contributed by atoms with Gasteiger partial charge in [-0.25, -0.2) is 0 Å². The molecule has 170 valence electrons. The van der Waals surface area contributed by atoms with Crippen molar-refractivity contribution in [2.24, 2.45) is 0 Å². The normalized spacial score (nSPS) is 9.60. The molecule has 30 heavy (non-hydrogen) atoms. The number of benzene rings is 2. The average Bonchev–Trinajstić information content (AvgIpc) is 2.80. The number of aliphatic hydroxyl groups is 1. The molecule has 0 heterocycles. The van der Waals surface area contributed by atoms with Gasteiger partial charge in [0.2, 0.25) is 0 Å². The summed E-state index contributed by atoms with van der Waals surface area (Å²) in [5.74, 6) is 2.35. The molecule has 0 aliphatic heterocycles. The molecule has 0 bridgehead atoms. The van der Waals surface area contributed by atoms with E-state index in [1.54, 1.807) is 34.5 Å². The van der Waals surface area contributed by atoms with E-state index in [4.69, 9.17) is 18.9 Å². The highest BCUT2D eigenvalue weighted by molar-refractivity contribution is 9.13. The molecule has 0 aliphatic rings. The Hall–Kier alpha value is -0.960. The van der Waals surface area contributed by atoms with E-state index in [1.165, 1.54) is 0 Å². The van der Waals surface area contributed by atoms with Crippen molar-refractivity contribution in [2.45, 2.75) is 40.7 Å². The fourth-order valence-electron chi connectivity index (χ4n) is 2.67. The zero-order chi connectivity index (χ0) is 23.4. The smallest absolute Gasteiger partial charge is 0.176 e. The molecule has 5 nitrogen and oxygen atoms in total. The summed E-state index contributed by atoms with van der Waals surface area (Å²) >= 11 is 10.7. The Kier molecular flexibility index (Phi) is 14.5. The van der Waals surface area contributed by atoms with Crippen LogP contribution in [0.1, 0.15) is 44.4 Å². The van der Waals surface area contributed by atoms with Crippen molar-refractivity contribution in [2.75, 3.05) is 28.4 Å². The van der Waals surface area contributed by atoms with E-state index in [2.05, 4.69) is 47.8 Å². The van der Waals surface area contributed by atoms with Crippen LogP contribution in [0, 0.1) is 0 Å². The van der Waals surface area contributed by atoms with Crippen molar-refractivity contribution < 1.29 is 24.1 Å². The van der Waals surface area contributed by atoms with Crippen molar-refractivity contribution in [3.05, 3.63) is 42.2 Å². The van der Waals surface area contributed by atoms with Gasteiger partial charge < -0.3 is 24.1 Å². The maximum Gasteiger partial charge on any atom is 0.176 e. The Morgan fingerprint density at radius 2 is 1.10 bits per heavy atom. The summed E-state index contributed by atoms with van der Waals surface area (Å²) in [6, 6.07) is 3.68. The monoisotopic (exact) mass is 612 g/mol. The molecule has 0 unspecified atom stereocenters. The van der Waals surface area contributed by atoms with Crippen LogP contribution >= 0.6 is 47.8 Å². The highest BCUT2D eigenvalue weighted by atomic mass is 79.9. The lowest BCUT2D eigenvalue weighted by Gasteiger charge is -2.19. The summed E-state index contributed by atoms with van der Waals surface area (Å²) in [5.41, 5.74) is 2.59. The number of ether oxygens (including phenoxy) is 4. The fraction of sp³-hybridized carbons (Fsp3) is 0.455. The molecule has 2 aromatic carbocycles. The van der Waals surface area contributed by atoms with Crippen LogP contribution in [0.2, 0.25) is 0 Å². The number of rotatable bonds is 7. The molecular formula is C22H31Br3O5. The molecule has 0 saturated carbocycles. The zero-order valence-electron chi connectivity index (χ0n) is 18.8. The highest BCUT2D eigenvalue weighted by Gasteiger charge is 2.21. The number of hydrogen-bond acceptors (Lipinski definition) is 5. The topological polar surface area (TPSA) is 57.2 Å². The van der Waals surface area contributed by atoms with Crippen molar-refractivity contribution >= 4 is 47.8 Å². The summed E-state index contributed by atoms with van der Waals surface area (Å²) in [6.45, 7) is 7.88. The lowest BCUT2D eigenvalue weighted by molar-refractivity contribution is 0.278. The highest BCUT2D eigenvalue weighted by Crippen LogP contribution is 2.45. The van der Waals surface area contributed by atoms with Crippen LogP contribution in [0.4, 0.5) is 0 Å². The van der Waals surface area contributed by atoms with Gasteiger partial charge in [0.15, 0.2) is 23.0 Å². The Morgan fingerprint density at radius 1 is 0.667 bits per heavy atom. The van der Waals surface area contributed by atoms with Crippen LogP contribution in [0.25, 0.3) is 0 Å². The van der Waals surface area contributed by atoms with Crippen LogP contribution in [0.15, 0.2) is 25.6 Å². The Bertz CT molecular complexity index is 810. The zero-order valence-corrected chi connectivity index (χ0v) is 23.5. The molecule has 8 heteroatoms. The number of methoxy groups -OCH3 is 4. The largest absolute Gasteiger partial charge is 0.493 e. The summed E-state index contributed by atoms with van der Waals surface area (Å²) in [4.78, 5) is 0. The quantitative estimate of drug-likeness (QED) is 0.359. The molecule has 2 aromatic rings. The van der Waals surface area contributed by atoms with Crippen LogP contribution in [0.3, 0.4) is 0 Å². The minimum Gasteiger partial charge on any atom is -0.493 e. The van der Waals surface area contributed by atoms with Gasteiger partial charge in [0.1, 0.15) is 0 Å². The SMILES string of the molecule is CC.CC.COc1cc(Cc2c(CO)cc(OC)c(OC)c2Br)c(Br)c(Br)c1OC. The Balaban J connectivity index is 0.00000198. The maximum atomic E-state index is 9.83. The van der Waals surface area contributed by atoms with Gasteiger partial charge in [-0.2, -0.15) is 0 Å². The van der Waals surface area contributed by atoms with Crippen LogP contribution in [-0.2, 0) is 13.0 Å². The Morgan fingerprint density at radius 3 is 1.50 bits per heavy atom. The van der Waals surface area contributed by atoms with Gasteiger partial charge in [0.05, 0.1) is 44.0 Å². The summed E-state index contributed by atoms with van der Waals surface area (Å²) in [5, 5.41) is 9.83. The fourth-order valence-corrected chi connectivity index (χ4v) is 4.47. The van der Waals surface area contributed by atoms with Gasteiger partial charge >= 0.3 is 0 Å².